The van der Waals surface area contributed by atoms with E-state index >= 15 is 0 Å². The van der Waals surface area contributed by atoms with Gasteiger partial charge in [0.2, 0.25) is 0 Å². The topological polar surface area (TPSA) is 17.1 Å². The normalized spacial score (nSPS) is 20.9. The molecule has 10 heavy (non-hydrogen) atoms. The third-order valence-corrected chi connectivity index (χ3v) is 3.68. The van der Waals surface area contributed by atoms with Crippen molar-refractivity contribution in [1.82, 2.24) is 0 Å². The molecule has 1 rings (SSSR count). The Morgan fingerprint density at radius 1 is 1.30 bits per heavy atom. The first-order valence-electron chi connectivity index (χ1n) is 3.92. The molecule has 2 heteroatoms. The minimum absolute atomic E-state index is 0.252. The van der Waals surface area contributed by atoms with Crippen LogP contribution in [0.5, 0.6) is 0 Å². The third-order valence-electron chi connectivity index (χ3n) is 2.14. The Hall–Kier alpha value is 0.189. The second-order valence-corrected chi connectivity index (χ2v) is 4.56. The van der Waals surface area contributed by atoms with Crippen LogP contribution in [0.1, 0.15) is 32.1 Å². The van der Waals surface area contributed by atoms with Crippen LogP contribution in [0.25, 0.3) is 0 Å². The summed E-state index contributed by atoms with van der Waals surface area (Å²) in [6.07, 6.45) is 6.27. The predicted molar refractivity (Wildman–Crippen MR) is 43.2 cm³/mol. The van der Waals surface area contributed by atoms with Crippen LogP contribution in [0.3, 0.4) is 0 Å². The van der Waals surface area contributed by atoms with E-state index in [1.807, 2.05) is 5.82 Å². The summed E-state index contributed by atoms with van der Waals surface area (Å²) in [7, 11) is 0. The fourth-order valence-electron chi connectivity index (χ4n) is 1.50. The molecule has 0 amide bonds. The minimum atomic E-state index is 0.252. The van der Waals surface area contributed by atoms with Gasteiger partial charge < -0.3 is 0 Å². The number of hydrogen-bond donors (Lipinski definition) is 0. The van der Waals surface area contributed by atoms with Gasteiger partial charge in [-0.2, -0.15) is 0 Å². The Balaban J connectivity index is 2.31. The van der Waals surface area contributed by atoms with Gasteiger partial charge in [0.15, 0.2) is 0 Å². The molecule has 0 radical (unpaired) electrons. The molecule has 0 heterocycles. The van der Waals surface area contributed by atoms with Gasteiger partial charge in [-0.15, -0.1) is 0 Å². The Kier molecular flexibility index (Phi) is 3.44. The molecule has 1 nitrogen and oxygen atoms in total. The summed E-state index contributed by atoms with van der Waals surface area (Å²) in [5, 5.41) is 0. The van der Waals surface area contributed by atoms with Gasteiger partial charge in [-0.3, -0.25) is 0 Å². The molecule has 1 aliphatic rings. The van der Waals surface area contributed by atoms with Crippen molar-refractivity contribution in [2.24, 2.45) is 5.92 Å². The molecular formula is C8H14OSe. The zero-order valence-electron chi connectivity index (χ0n) is 6.43. The summed E-state index contributed by atoms with van der Waals surface area (Å²) >= 11 is 0.252. The number of carbonyl (C=O) groups excluding carboxylic acids is 1. The van der Waals surface area contributed by atoms with Crippen LogP contribution < -0.4 is 0 Å². The molecule has 0 aliphatic heterocycles. The fourth-order valence-corrected chi connectivity index (χ4v) is 2.70. The van der Waals surface area contributed by atoms with Gasteiger partial charge in [0, 0.05) is 0 Å². The first kappa shape index (κ1) is 8.29. The zero-order valence-corrected chi connectivity index (χ0v) is 8.14. The summed E-state index contributed by atoms with van der Waals surface area (Å²) in [6, 6.07) is 0. The van der Waals surface area contributed by atoms with Gasteiger partial charge in [-0.1, -0.05) is 0 Å². The van der Waals surface area contributed by atoms with E-state index in [0.717, 1.165) is 0 Å². The number of hydrogen-bond acceptors (Lipinski definition) is 1. The van der Waals surface area contributed by atoms with Crippen molar-refractivity contribution in [3.05, 3.63) is 0 Å². The molecule has 0 unspecified atom stereocenters. The van der Waals surface area contributed by atoms with E-state index in [9.17, 15) is 4.79 Å². The number of carbonyl (C=O) groups is 1. The van der Waals surface area contributed by atoms with E-state index in [2.05, 4.69) is 0 Å². The van der Waals surface area contributed by atoms with E-state index in [1.54, 1.807) is 0 Å². The third kappa shape index (κ3) is 2.10. The molecule has 0 N–H and O–H groups in total. The van der Waals surface area contributed by atoms with E-state index in [0.29, 0.717) is 10.6 Å². The summed E-state index contributed by atoms with van der Waals surface area (Å²) < 4.78 is 0.548. The van der Waals surface area contributed by atoms with Gasteiger partial charge in [0.1, 0.15) is 0 Å². The van der Waals surface area contributed by atoms with Crippen molar-refractivity contribution in [2.45, 2.75) is 37.9 Å². The van der Waals surface area contributed by atoms with Crippen LogP contribution in [-0.2, 0) is 4.79 Å². The Morgan fingerprint density at radius 3 is 2.40 bits per heavy atom. The Morgan fingerprint density at radius 2 is 1.90 bits per heavy atom. The van der Waals surface area contributed by atoms with Crippen molar-refractivity contribution in [1.29, 1.82) is 0 Å². The second kappa shape index (κ2) is 4.15. The Labute approximate surface area is 68.7 Å². The maximum atomic E-state index is 11.2. The van der Waals surface area contributed by atoms with E-state index in [1.165, 1.54) is 32.1 Å². The van der Waals surface area contributed by atoms with Crippen LogP contribution in [0.4, 0.5) is 0 Å². The van der Waals surface area contributed by atoms with Crippen LogP contribution >= 0.6 is 0 Å². The van der Waals surface area contributed by atoms with Gasteiger partial charge in [-0.25, -0.2) is 0 Å². The quantitative estimate of drug-likeness (QED) is 0.629. The molecule has 1 aliphatic carbocycles. The van der Waals surface area contributed by atoms with Gasteiger partial charge >= 0.3 is 68.3 Å². The first-order valence-corrected chi connectivity index (χ1v) is 6.49. The van der Waals surface area contributed by atoms with Crippen LogP contribution in [-0.4, -0.2) is 19.6 Å². The van der Waals surface area contributed by atoms with Gasteiger partial charge in [-0.05, 0) is 0 Å². The molecule has 0 aromatic heterocycles. The molecule has 0 saturated heterocycles. The van der Waals surface area contributed by atoms with Crippen molar-refractivity contribution in [3.8, 4) is 0 Å². The molecule has 0 aromatic carbocycles. The van der Waals surface area contributed by atoms with Crippen LogP contribution in [0, 0.1) is 5.92 Å². The molecule has 1 fully saturated rings. The first-order chi connectivity index (χ1) is 4.84. The maximum absolute atomic E-state index is 11.2. The number of rotatable bonds is 2. The van der Waals surface area contributed by atoms with Gasteiger partial charge in [0.25, 0.3) is 0 Å². The summed E-state index contributed by atoms with van der Waals surface area (Å²) in [6.45, 7) is 0. The van der Waals surface area contributed by atoms with Crippen molar-refractivity contribution < 1.29 is 4.79 Å². The molecule has 1 saturated carbocycles. The fraction of sp³-hybridized carbons (Fsp3) is 0.875. The molecule has 0 spiro atoms. The van der Waals surface area contributed by atoms with Gasteiger partial charge in [0.05, 0.1) is 0 Å². The predicted octanol–water partition coefficient (Wildman–Crippen LogP) is 1.85. The summed E-state index contributed by atoms with van der Waals surface area (Å²) in [5.41, 5.74) is 0. The van der Waals surface area contributed by atoms with Crippen molar-refractivity contribution >= 4 is 19.6 Å². The van der Waals surface area contributed by atoms with E-state index in [4.69, 9.17) is 0 Å². The summed E-state index contributed by atoms with van der Waals surface area (Å²) in [5.74, 6) is 2.49. The van der Waals surface area contributed by atoms with E-state index < -0.39 is 0 Å². The SMILES string of the molecule is C[Se]C(=O)C1CCCCC1. The summed E-state index contributed by atoms with van der Waals surface area (Å²) in [4.78, 5) is 11.2. The zero-order chi connectivity index (χ0) is 7.40. The monoisotopic (exact) mass is 206 g/mol. The standard InChI is InChI=1S/C8H14OSe/c1-10-8(9)7-5-3-2-4-6-7/h7H,2-6H2,1H3. The average Bonchev–Trinajstić information content (AvgIpc) is 2.05. The molecular weight excluding hydrogens is 191 g/mol. The second-order valence-electron chi connectivity index (χ2n) is 2.86. The Bertz CT molecular complexity index is 116. The average molecular weight is 205 g/mol. The molecule has 0 aromatic rings. The van der Waals surface area contributed by atoms with Crippen LogP contribution in [0.2, 0.25) is 5.82 Å². The molecule has 58 valence electrons. The van der Waals surface area contributed by atoms with Crippen molar-refractivity contribution in [3.63, 3.8) is 0 Å². The molecule has 0 atom stereocenters. The van der Waals surface area contributed by atoms with Crippen molar-refractivity contribution in [2.75, 3.05) is 0 Å². The van der Waals surface area contributed by atoms with Crippen LogP contribution in [0.15, 0.2) is 0 Å². The molecule has 0 bridgehead atoms. The van der Waals surface area contributed by atoms with E-state index in [-0.39, 0.29) is 15.0 Å².